The highest BCUT2D eigenvalue weighted by Crippen LogP contribution is 2.54. The molecule has 3 aliphatic rings. The Bertz CT molecular complexity index is 1370. The Morgan fingerprint density at radius 2 is 1.50 bits per heavy atom. The Labute approximate surface area is 210 Å². The molecule has 3 aliphatic heterocycles. The highest BCUT2D eigenvalue weighted by Gasteiger charge is 2.70. The van der Waals surface area contributed by atoms with Crippen LogP contribution in [0.25, 0.3) is 6.08 Å². The topological polar surface area (TPSA) is 69.7 Å². The molecule has 6 nitrogen and oxygen atoms in total. The Morgan fingerprint density at radius 1 is 0.833 bits per heavy atom. The molecule has 3 aromatic carbocycles. The van der Waals surface area contributed by atoms with E-state index < -0.39 is 17.4 Å². The van der Waals surface area contributed by atoms with Crippen molar-refractivity contribution in [1.29, 1.82) is 0 Å². The molecule has 6 rings (SSSR count). The number of hydrogen-bond acceptors (Lipinski definition) is 4. The van der Waals surface area contributed by atoms with E-state index in [-0.39, 0.29) is 30.3 Å². The van der Waals surface area contributed by atoms with E-state index in [9.17, 15) is 14.4 Å². The molecule has 3 aromatic rings. The third-order valence-corrected chi connectivity index (χ3v) is 7.69. The fraction of sp³-hybridized carbons (Fsp3) is 0.233. The van der Waals surface area contributed by atoms with Crippen molar-refractivity contribution >= 4 is 29.5 Å². The van der Waals surface area contributed by atoms with E-state index in [0.717, 1.165) is 22.4 Å². The SMILES string of the molecule is C[C@@H]1N[C@]2(C(=O)N(C/C=C\c3ccccc3)c3ccccc32)[C@H]2C(=O)N(Cc3ccccc3)C(=O)[C@H]12. The number of para-hydroxylation sites is 1. The second kappa shape index (κ2) is 8.57. The third kappa shape index (κ3) is 3.25. The minimum Gasteiger partial charge on any atom is -0.306 e. The van der Waals surface area contributed by atoms with Crippen LogP contribution in [-0.2, 0) is 26.5 Å². The van der Waals surface area contributed by atoms with Crippen molar-refractivity contribution in [3.05, 3.63) is 108 Å². The summed E-state index contributed by atoms with van der Waals surface area (Å²) in [4.78, 5) is 44.6. The first-order valence-electron chi connectivity index (χ1n) is 12.3. The fourth-order valence-corrected chi connectivity index (χ4v) is 6.13. The number of anilines is 1. The molecule has 0 aromatic heterocycles. The monoisotopic (exact) mass is 477 g/mol. The van der Waals surface area contributed by atoms with E-state index >= 15 is 0 Å². The van der Waals surface area contributed by atoms with Crippen LogP contribution in [0.5, 0.6) is 0 Å². The minimum absolute atomic E-state index is 0.177. The number of benzene rings is 3. The number of likely N-dealkylation sites (tertiary alicyclic amines) is 1. The van der Waals surface area contributed by atoms with Gasteiger partial charge in [0.05, 0.1) is 18.4 Å². The van der Waals surface area contributed by atoms with Crippen molar-refractivity contribution in [2.75, 3.05) is 11.4 Å². The zero-order chi connectivity index (χ0) is 24.9. The third-order valence-electron chi connectivity index (χ3n) is 7.69. The molecule has 0 aliphatic carbocycles. The number of carbonyl (C=O) groups excluding carboxylic acids is 3. The largest absolute Gasteiger partial charge is 0.306 e. The van der Waals surface area contributed by atoms with Gasteiger partial charge in [-0.25, -0.2) is 0 Å². The molecule has 0 radical (unpaired) electrons. The van der Waals surface area contributed by atoms with Crippen molar-refractivity contribution in [1.82, 2.24) is 10.2 Å². The molecule has 0 bridgehead atoms. The quantitative estimate of drug-likeness (QED) is 0.569. The van der Waals surface area contributed by atoms with Gasteiger partial charge in [0.1, 0.15) is 5.54 Å². The normalized spacial score (nSPS) is 26.9. The summed E-state index contributed by atoms with van der Waals surface area (Å²) in [6.45, 7) is 2.49. The molecular formula is C30H27N3O3. The zero-order valence-electron chi connectivity index (χ0n) is 20.0. The molecule has 1 spiro atoms. The molecule has 36 heavy (non-hydrogen) atoms. The minimum atomic E-state index is -1.25. The molecule has 3 amide bonds. The van der Waals surface area contributed by atoms with Crippen LogP contribution in [0.3, 0.4) is 0 Å². The van der Waals surface area contributed by atoms with Crippen LogP contribution in [0.15, 0.2) is 91.0 Å². The maximum absolute atomic E-state index is 14.2. The zero-order valence-corrected chi connectivity index (χ0v) is 20.0. The number of nitrogens with one attached hydrogen (secondary N) is 1. The first kappa shape index (κ1) is 22.4. The highest BCUT2D eigenvalue weighted by atomic mass is 16.2. The van der Waals surface area contributed by atoms with Gasteiger partial charge >= 0.3 is 0 Å². The van der Waals surface area contributed by atoms with Crippen molar-refractivity contribution in [2.24, 2.45) is 11.8 Å². The molecule has 6 heteroatoms. The lowest BCUT2D eigenvalue weighted by molar-refractivity contribution is -0.143. The summed E-state index contributed by atoms with van der Waals surface area (Å²) in [6.07, 6.45) is 3.95. The average molecular weight is 478 g/mol. The van der Waals surface area contributed by atoms with Crippen LogP contribution in [-0.4, -0.2) is 35.2 Å². The maximum Gasteiger partial charge on any atom is 0.253 e. The Kier molecular flexibility index (Phi) is 5.34. The molecule has 0 saturated carbocycles. The van der Waals surface area contributed by atoms with Gasteiger partial charge in [-0.05, 0) is 24.1 Å². The molecule has 2 saturated heterocycles. The van der Waals surface area contributed by atoms with Crippen molar-refractivity contribution < 1.29 is 14.4 Å². The summed E-state index contributed by atoms with van der Waals surface area (Å²) < 4.78 is 0. The molecule has 0 unspecified atom stereocenters. The van der Waals surface area contributed by atoms with Crippen LogP contribution in [0.1, 0.15) is 23.6 Å². The number of nitrogens with zero attached hydrogens (tertiary/aromatic N) is 2. The number of carbonyl (C=O) groups is 3. The van der Waals surface area contributed by atoms with E-state index in [0.29, 0.717) is 6.54 Å². The fourth-order valence-electron chi connectivity index (χ4n) is 6.13. The Hall–Kier alpha value is -4.03. The lowest BCUT2D eigenvalue weighted by Gasteiger charge is -2.30. The van der Waals surface area contributed by atoms with Gasteiger partial charge in [0.2, 0.25) is 11.8 Å². The first-order chi connectivity index (χ1) is 17.5. The van der Waals surface area contributed by atoms with Gasteiger partial charge in [0, 0.05) is 23.8 Å². The number of imide groups is 1. The summed E-state index contributed by atoms with van der Waals surface area (Å²) >= 11 is 0. The van der Waals surface area contributed by atoms with E-state index in [1.54, 1.807) is 4.90 Å². The molecule has 1 N–H and O–H groups in total. The van der Waals surface area contributed by atoms with Crippen molar-refractivity contribution in [2.45, 2.75) is 25.0 Å². The van der Waals surface area contributed by atoms with Crippen LogP contribution >= 0.6 is 0 Å². The summed E-state index contributed by atoms with van der Waals surface area (Å²) in [5.41, 5.74) is 2.24. The molecule has 3 heterocycles. The number of hydrogen-bond donors (Lipinski definition) is 1. The van der Waals surface area contributed by atoms with Crippen LogP contribution in [0.4, 0.5) is 5.69 Å². The summed E-state index contributed by atoms with van der Waals surface area (Å²) in [7, 11) is 0. The standard InChI is InChI=1S/C30H27N3O3/c1-20-25-26(28(35)33(27(25)34)19-22-13-6-3-7-14-22)30(31-20)23-16-8-9-17-24(23)32(29(30)36)18-10-15-21-11-4-2-5-12-21/h2-17,20,25-26,31H,18-19H2,1H3/b15-10-/t20-,25+,26+,30-/m0/s1. The van der Waals surface area contributed by atoms with E-state index in [2.05, 4.69) is 5.32 Å². The van der Waals surface area contributed by atoms with Gasteiger partial charge in [0.25, 0.3) is 5.91 Å². The second-order valence-electron chi connectivity index (χ2n) is 9.74. The Balaban J connectivity index is 1.36. The second-order valence-corrected chi connectivity index (χ2v) is 9.74. The van der Waals surface area contributed by atoms with Gasteiger partial charge < -0.3 is 4.90 Å². The number of rotatable bonds is 5. The predicted octanol–water partition coefficient (Wildman–Crippen LogP) is 3.74. The van der Waals surface area contributed by atoms with Crippen LogP contribution < -0.4 is 10.2 Å². The van der Waals surface area contributed by atoms with Crippen LogP contribution in [0.2, 0.25) is 0 Å². The van der Waals surface area contributed by atoms with E-state index in [4.69, 9.17) is 0 Å². The van der Waals surface area contributed by atoms with Crippen molar-refractivity contribution in [3.63, 3.8) is 0 Å². The van der Waals surface area contributed by atoms with E-state index in [1.165, 1.54) is 4.90 Å². The van der Waals surface area contributed by atoms with Crippen LogP contribution in [0, 0.1) is 11.8 Å². The lowest BCUT2D eigenvalue weighted by atomic mass is 9.76. The van der Waals surface area contributed by atoms with Gasteiger partial charge in [-0.15, -0.1) is 0 Å². The summed E-state index contributed by atoms with van der Waals surface area (Å²) in [5, 5.41) is 3.44. The molecule has 4 atom stereocenters. The van der Waals surface area contributed by atoms with E-state index in [1.807, 2.05) is 104 Å². The summed E-state index contributed by atoms with van der Waals surface area (Å²) in [5.74, 6) is -2.03. The van der Waals surface area contributed by atoms with Crippen molar-refractivity contribution in [3.8, 4) is 0 Å². The Morgan fingerprint density at radius 3 is 2.25 bits per heavy atom. The van der Waals surface area contributed by atoms with Gasteiger partial charge in [-0.2, -0.15) is 0 Å². The molecule has 2 fully saturated rings. The smallest absolute Gasteiger partial charge is 0.253 e. The number of amides is 3. The van der Waals surface area contributed by atoms with Gasteiger partial charge in [-0.1, -0.05) is 91.0 Å². The number of fused-ring (bicyclic) bond motifs is 4. The predicted molar refractivity (Wildman–Crippen MR) is 138 cm³/mol. The average Bonchev–Trinajstić information content (AvgIpc) is 3.44. The molecule has 180 valence electrons. The van der Waals surface area contributed by atoms with Gasteiger partial charge in [-0.3, -0.25) is 24.6 Å². The summed E-state index contributed by atoms with van der Waals surface area (Å²) in [6, 6.07) is 26.7. The van der Waals surface area contributed by atoms with Gasteiger partial charge in [0.15, 0.2) is 0 Å². The first-order valence-corrected chi connectivity index (χ1v) is 12.3. The molecular weight excluding hydrogens is 450 g/mol. The maximum atomic E-state index is 14.2. The lowest BCUT2D eigenvalue weighted by Crippen LogP contribution is -2.54. The highest BCUT2D eigenvalue weighted by molar-refractivity contribution is 6.16.